The monoisotopic (exact) mass is 186 g/mol. The molecule has 0 bridgehead atoms. The number of aromatic amines is 2. The Hall–Kier alpha value is -1.79. The van der Waals surface area contributed by atoms with Crippen LogP contribution >= 0.6 is 0 Å². The summed E-state index contributed by atoms with van der Waals surface area (Å²) in [5.74, 6) is 0. The zero-order chi connectivity index (χ0) is 9.42. The van der Waals surface area contributed by atoms with Gasteiger partial charge in [0.2, 0.25) is 0 Å². The molecular formula is C6H4F2N4O. The Morgan fingerprint density at radius 1 is 1.38 bits per heavy atom. The highest BCUT2D eigenvalue weighted by Gasteiger charge is 2.17. The van der Waals surface area contributed by atoms with Gasteiger partial charge >= 0.3 is 0 Å². The Balaban J connectivity index is 2.87. The molecule has 0 atom stereocenters. The van der Waals surface area contributed by atoms with Crippen LogP contribution in [0.1, 0.15) is 12.1 Å². The molecule has 0 saturated heterocycles. The molecule has 0 radical (unpaired) electrons. The fraction of sp³-hybridized carbons (Fsp3) is 0.167. The average molecular weight is 186 g/mol. The van der Waals surface area contributed by atoms with Crippen LogP contribution in [0, 0.1) is 0 Å². The van der Waals surface area contributed by atoms with E-state index in [1.165, 1.54) is 6.20 Å². The second kappa shape index (κ2) is 2.61. The number of hydrogen-bond acceptors (Lipinski definition) is 3. The van der Waals surface area contributed by atoms with Gasteiger partial charge in [-0.25, -0.2) is 13.9 Å². The highest BCUT2D eigenvalue weighted by atomic mass is 19.3. The summed E-state index contributed by atoms with van der Waals surface area (Å²) in [5.41, 5.74) is -1.00. The molecule has 2 heterocycles. The molecule has 7 heteroatoms. The summed E-state index contributed by atoms with van der Waals surface area (Å²) in [6, 6.07) is 0. The molecule has 2 aromatic rings. The number of nitrogens with zero attached hydrogens (tertiary/aromatic N) is 2. The van der Waals surface area contributed by atoms with Gasteiger partial charge in [-0.2, -0.15) is 10.2 Å². The third kappa shape index (κ3) is 1.08. The Labute approximate surface area is 69.8 Å². The first-order chi connectivity index (χ1) is 6.20. The van der Waals surface area contributed by atoms with Gasteiger partial charge in [0.15, 0.2) is 0 Å². The maximum Gasteiger partial charge on any atom is 0.280 e. The van der Waals surface area contributed by atoms with Crippen LogP contribution in [0.4, 0.5) is 8.78 Å². The number of hydrogen-bond donors (Lipinski definition) is 2. The van der Waals surface area contributed by atoms with Crippen molar-refractivity contribution in [2.45, 2.75) is 6.43 Å². The number of halogens is 2. The second-order valence-corrected chi connectivity index (χ2v) is 2.40. The zero-order valence-corrected chi connectivity index (χ0v) is 6.21. The van der Waals surface area contributed by atoms with Crippen LogP contribution in [-0.2, 0) is 0 Å². The van der Waals surface area contributed by atoms with Crippen LogP contribution in [-0.4, -0.2) is 20.4 Å². The van der Waals surface area contributed by atoms with E-state index in [2.05, 4.69) is 20.4 Å². The van der Waals surface area contributed by atoms with E-state index in [1.54, 1.807) is 0 Å². The molecule has 0 unspecified atom stereocenters. The molecule has 2 N–H and O–H groups in total. The smallest absolute Gasteiger partial charge is 0.275 e. The van der Waals surface area contributed by atoms with Crippen LogP contribution in [0.3, 0.4) is 0 Å². The van der Waals surface area contributed by atoms with Crippen molar-refractivity contribution in [1.29, 1.82) is 0 Å². The van der Waals surface area contributed by atoms with Crippen molar-refractivity contribution in [1.82, 2.24) is 20.4 Å². The highest BCUT2D eigenvalue weighted by molar-refractivity contribution is 5.79. The molecule has 0 aliphatic heterocycles. The molecule has 0 aromatic carbocycles. The Morgan fingerprint density at radius 3 is 2.85 bits per heavy atom. The maximum absolute atomic E-state index is 12.3. The number of H-pyrrole nitrogens is 2. The van der Waals surface area contributed by atoms with E-state index in [1.807, 2.05) is 0 Å². The number of alkyl halides is 2. The van der Waals surface area contributed by atoms with Gasteiger partial charge in [-0.1, -0.05) is 0 Å². The lowest BCUT2D eigenvalue weighted by atomic mass is 10.3. The van der Waals surface area contributed by atoms with E-state index < -0.39 is 17.7 Å². The third-order valence-corrected chi connectivity index (χ3v) is 1.62. The van der Waals surface area contributed by atoms with Crippen LogP contribution in [0.15, 0.2) is 11.0 Å². The molecule has 2 aromatic heterocycles. The van der Waals surface area contributed by atoms with Gasteiger partial charge in [0.25, 0.3) is 12.0 Å². The predicted octanol–water partition coefficient (Wildman–Crippen LogP) is 0.584. The molecule has 13 heavy (non-hydrogen) atoms. The summed E-state index contributed by atoms with van der Waals surface area (Å²) in [6.07, 6.45) is -1.53. The van der Waals surface area contributed by atoms with Crippen molar-refractivity contribution in [3.8, 4) is 0 Å². The summed E-state index contributed by atoms with van der Waals surface area (Å²) in [6.45, 7) is 0. The van der Waals surface area contributed by atoms with Crippen molar-refractivity contribution < 1.29 is 8.78 Å². The van der Waals surface area contributed by atoms with Gasteiger partial charge in [0, 0.05) is 0 Å². The van der Waals surface area contributed by atoms with E-state index in [9.17, 15) is 13.6 Å². The summed E-state index contributed by atoms with van der Waals surface area (Å²) in [5, 5.41) is 10.9. The molecule has 2 rings (SSSR count). The van der Waals surface area contributed by atoms with Crippen molar-refractivity contribution in [2.75, 3.05) is 0 Å². The minimum Gasteiger partial charge on any atom is -0.275 e. The van der Waals surface area contributed by atoms with E-state index in [-0.39, 0.29) is 10.9 Å². The molecule has 5 nitrogen and oxygen atoms in total. The molecule has 0 amide bonds. The minimum absolute atomic E-state index is 0.134. The molecule has 0 spiro atoms. The largest absolute Gasteiger partial charge is 0.280 e. The first kappa shape index (κ1) is 7.84. The summed E-state index contributed by atoms with van der Waals surface area (Å²) < 4.78 is 24.5. The quantitative estimate of drug-likeness (QED) is 0.684. The van der Waals surface area contributed by atoms with Crippen LogP contribution in [0.5, 0.6) is 0 Å². The molecule has 0 saturated carbocycles. The van der Waals surface area contributed by atoms with Crippen LogP contribution in [0.2, 0.25) is 0 Å². The molecule has 0 fully saturated rings. The number of aromatic nitrogens is 4. The first-order valence-electron chi connectivity index (χ1n) is 3.40. The van der Waals surface area contributed by atoms with Gasteiger partial charge in [-0.15, -0.1) is 0 Å². The first-order valence-corrected chi connectivity index (χ1v) is 3.40. The Morgan fingerprint density at radius 2 is 2.15 bits per heavy atom. The van der Waals surface area contributed by atoms with E-state index in [0.717, 1.165) is 0 Å². The van der Waals surface area contributed by atoms with Crippen LogP contribution in [0.25, 0.3) is 10.9 Å². The normalized spacial score (nSPS) is 11.3. The maximum atomic E-state index is 12.3. The fourth-order valence-electron chi connectivity index (χ4n) is 1.07. The topological polar surface area (TPSA) is 74.4 Å². The SMILES string of the molecule is O=c1[nH]ncc2n[nH]c(C(F)F)c12. The summed E-state index contributed by atoms with van der Waals surface area (Å²) in [4.78, 5) is 11.1. The molecule has 0 aliphatic carbocycles. The Bertz CT molecular complexity index is 489. The molecule has 68 valence electrons. The third-order valence-electron chi connectivity index (χ3n) is 1.62. The van der Waals surface area contributed by atoms with E-state index in [0.29, 0.717) is 0 Å². The molecular weight excluding hydrogens is 182 g/mol. The van der Waals surface area contributed by atoms with Gasteiger partial charge in [-0.05, 0) is 0 Å². The predicted molar refractivity (Wildman–Crippen MR) is 39.5 cm³/mol. The lowest BCUT2D eigenvalue weighted by Crippen LogP contribution is -2.08. The van der Waals surface area contributed by atoms with Crippen LogP contribution < -0.4 is 5.56 Å². The highest BCUT2D eigenvalue weighted by Crippen LogP contribution is 2.21. The standard InChI is InChI=1S/C6H4F2N4O/c7-5(8)4-3-2(10-11-4)1-9-12-6(3)13/h1,5H,(H,10,11)(H,12,13). The van der Waals surface area contributed by atoms with Crippen molar-refractivity contribution in [3.05, 3.63) is 22.2 Å². The number of fused-ring (bicyclic) bond motifs is 1. The van der Waals surface area contributed by atoms with Gasteiger partial charge < -0.3 is 0 Å². The average Bonchev–Trinajstić information content (AvgIpc) is 2.49. The second-order valence-electron chi connectivity index (χ2n) is 2.40. The number of rotatable bonds is 1. The molecule has 0 aliphatic rings. The lowest BCUT2D eigenvalue weighted by Gasteiger charge is -1.92. The summed E-state index contributed by atoms with van der Waals surface area (Å²) >= 11 is 0. The van der Waals surface area contributed by atoms with Gasteiger partial charge in [0.05, 0.1) is 11.6 Å². The van der Waals surface area contributed by atoms with Crippen molar-refractivity contribution in [2.24, 2.45) is 0 Å². The summed E-state index contributed by atoms with van der Waals surface area (Å²) in [7, 11) is 0. The fourth-order valence-corrected chi connectivity index (χ4v) is 1.07. The van der Waals surface area contributed by atoms with E-state index in [4.69, 9.17) is 0 Å². The van der Waals surface area contributed by atoms with Gasteiger partial charge in [-0.3, -0.25) is 9.89 Å². The van der Waals surface area contributed by atoms with Gasteiger partial charge in [0.1, 0.15) is 11.2 Å². The zero-order valence-electron chi connectivity index (χ0n) is 6.21. The minimum atomic E-state index is -2.74. The Kier molecular flexibility index (Phi) is 1.57. The lowest BCUT2D eigenvalue weighted by molar-refractivity contribution is 0.147. The number of nitrogens with one attached hydrogen (secondary N) is 2. The van der Waals surface area contributed by atoms with Crippen molar-refractivity contribution >= 4 is 10.9 Å². The van der Waals surface area contributed by atoms with E-state index >= 15 is 0 Å². The van der Waals surface area contributed by atoms with Crippen molar-refractivity contribution in [3.63, 3.8) is 0 Å².